The number of methoxy groups -OCH3 is 1. The predicted molar refractivity (Wildman–Crippen MR) is 107 cm³/mol. The van der Waals surface area contributed by atoms with Gasteiger partial charge in [-0.2, -0.15) is 0 Å². The fourth-order valence-electron chi connectivity index (χ4n) is 3.48. The Labute approximate surface area is 170 Å². The van der Waals surface area contributed by atoms with Crippen molar-refractivity contribution in [3.8, 4) is 5.75 Å². The predicted octanol–water partition coefficient (Wildman–Crippen LogP) is 2.92. The van der Waals surface area contributed by atoms with E-state index < -0.39 is 0 Å². The molecule has 154 valence electrons. The number of nitrogens with zero attached hydrogens (tertiary/aromatic N) is 1. The van der Waals surface area contributed by atoms with E-state index >= 15 is 0 Å². The lowest BCUT2D eigenvalue weighted by Gasteiger charge is -2.31. The number of rotatable bonds is 8. The summed E-state index contributed by atoms with van der Waals surface area (Å²) in [5, 5.41) is 2.73. The van der Waals surface area contributed by atoms with Crippen molar-refractivity contribution in [2.24, 2.45) is 5.92 Å². The highest BCUT2D eigenvalue weighted by molar-refractivity contribution is 5.98. The Morgan fingerprint density at radius 1 is 1.14 bits per heavy atom. The molecule has 0 saturated carbocycles. The molecule has 3 rings (SSSR count). The number of hydrogen-bond acceptors (Lipinski definition) is 5. The smallest absolute Gasteiger partial charge is 0.286 e. The monoisotopic (exact) mass is 398 g/mol. The molecule has 0 bridgehead atoms. The lowest BCUT2D eigenvalue weighted by Crippen LogP contribution is -2.40. The number of ether oxygens (including phenoxy) is 1. The second-order valence-corrected chi connectivity index (χ2v) is 7.08. The largest absolute Gasteiger partial charge is 0.497 e. The van der Waals surface area contributed by atoms with Crippen molar-refractivity contribution >= 4 is 17.6 Å². The second-order valence-electron chi connectivity index (χ2n) is 7.08. The lowest BCUT2D eigenvalue weighted by molar-refractivity contribution is -0.132. The van der Waals surface area contributed by atoms with E-state index in [0.29, 0.717) is 50.9 Å². The number of nitrogens with one attached hydrogen (secondary N) is 1. The van der Waals surface area contributed by atoms with Gasteiger partial charge in [0.15, 0.2) is 11.5 Å². The average Bonchev–Trinajstić information content (AvgIpc) is 3.31. The van der Waals surface area contributed by atoms with Crippen LogP contribution in [0.4, 0.5) is 0 Å². The van der Waals surface area contributed by atoms with E-state index in [0.717, 1.165) is 5.75 Å². The van der Waals surface area contributed by atoms with Crippen LogP contribution in [0, 0.1) is 5.92 Å². The first-order valence-corrected chi connectivity index (χ1v) is 9.86. The van der Waals surface area contributed by atoms with E-state index in [1.165, 1.54) is 6.26 Å². The van der Waals surface area contributed by atoms with Crippen molar-refractivity contribution in [3.05, 3.63) is 54.0 Å². The Kier molecular flexibility index (Phi) is 7.05. The molecule has 7 nitrogen and oxygen atoms in total. The first kappa shape index (κ1) is 20.6. The van der Waals surface area contributed by atoms with E-state index in [1.807, 2.05) is 4.90 Å². The molecule has 7 heteroatoms. The van der Waals surface area contributed by atoms with Gasteiger partial charge in [0.25, 0.3) is 5.91 Å². The Balaban J connectivity index is 1.37. The number of hydrogen-bond donors (Lipinski definition) is 1. The fraction of sp³-hybridized carbons (Fsp3) is 0.409. The summed E-state index contributed by atoms with van der Waals surface area (Å²) in [6.07, 6.45) is 3.73. The van der Waals surface area contributed by atoms with Crippen molar-refractivity contribution in [3.63, 3.8) is 0 Å². The standard InChI is InChI=1S/C22H26N2O5/c1-28-18-8-6-16(7-9-18)21(26)17-10-13-24(14-11-17)20(25)5-2-12-23-22(27)19-4-3-15-29-19/h3-4,6-9,15,17H,2,5,10-14H2,1H3,(H,23,27). The maximum atomic E-state index is 12.7. The van der Waals surface area contributed by atoms with Crippen molar-refractivity contribution in [2.75, 3.05) is 26.7 Å². The molecule has 2 heterocycles. The Morgan fingerprint density at radius 2 is 1.86 bits per heavy atom. The Hall–Kier alpha value is -3.09. The van der Waals surface area contributed by atoms with Crippen LogP contribution in [0.5, 0.6) is 5.75 Å². The Bertz CT molecular complexity index is 821. The van der Waals surface area contributed by atoms with Gasteiger partial charge in [-0.15, -0.1) is 0 Å². The SMILES string of the molecule is COc1ccc(C(=O)C2CCN(C(=O)CCCNC(=O)c3ccco3)CC2)cc1. The summed E-state index contributed by atoms with van der Waals surface area (Å²) in [5.74, 6) is 0.843. The zero-order valence-electron chi connectivity index (χ0n) is 16.6. The number of carbonyl (C=O) groups is 3. The zero-order chi connectivity index (χ0) is 20.6. The van der Waals surface area contributed by atoms with E-state index in [-0.39, 0.29) is 29.3 Å². The summed E-state index contributed by atoms with van der Waals surface area (Å²) in [4.78, 5) is 38.6. The molecule has 1 aromatic carbocycles. The lowest BCUT2D eigenvalue weighted by atomic mass is 9.88. The molecule has 0 unspecified atom stereocenters. The zero-order valence-corrected chi connectivity index (χ0v) is 16.6. The van der Waals surface area contributed by atoms with Gasteiger partial charge in [-0.05, 0) is 55.7 Å². The second kappa shape index (κ2) is 9.91. The number of benzene rings is 1. The van der Waals surface area contributed by atoms with Gasteiger partial charge in [-0.1, -0.05) is 0 Å². The molecule has 1 N–H and O–H groups in total. The number of furan rings is 1. The quantitative estimate of drug-likeness (QED) is 0.546. The summed E-state index contributed by atoms with van der Waals surface area (Å²) in [7, 11) is 1.59. The first-order chi connectivity index (χ1) is 14.1. The van der Waals surface area contributed by atoms with Gasteiger partial charge < -0.3 is 19.4 Å². The average molecular weight is 398 g/mol. The topological polar surface area (TPSA) is 88.9 Å². The van der Waals surface area contributed by atoms with Gasteiger partial charge >= 0.3 is 0 Å². The van der Waals surface area contributed by atoms with Gasteiger partial charge in [0.05, 0.1) is 13.4 Å². The number of likely N-dealkylation sites (tertiary alicyclic amines) is 1. The van der Waals surface area contributed by atoms with Crippen LogP contribution < -0.4 is 10.1 Å². The minimum atomic E-state index is -0.277. The number of Topliss-reactive ketones (excluding diaryl/α,β-unsaturated/α-hetero) is 1. The number of carbonyl (C=O) groups excluding carboxylic acids is 3. The summed E-state index contributed by atoms with van der Waals surface area (Å²) in [5.41, 5.74) is 0.683. The van der Waals surface area contributed by atoms with E-state index in [4.69, 9.17) is 9.15 Å². The van der Waals surface area contributed by atoms with Gasteiger partial charge in [0, 0.05) is 37.5 Å². The van der Waals surface area contributed by atoms with Crippen LogP contribution in [0.15, 0.2) is 47.1 Å². The van der Waals surface area contributed by atoms with Crippen LogP contribution in [0.2, 0.25) is 0 Å². The summed E-state index contributed by atoms with van der Waals surface area (Å²) in [6.45, 7) is 1.59. The van der Waals surface area contributed by atoms with Crippen LogP contribution in [-0.2, 0) is 4.79 Å². The molecule has 2 aromatic rings. The molecule has 0 radical (unpaired) electrons. The third kappa shape index (κ3) is 5.47. The number of ketones is 1. The third-order valence-electron chi connectivity index (χ3n) is 5.19. The van der Waals surface area contributed by atoms with Crippen molar-refractivity contribution in [1.82, 2.24) is 10.2 Å². The summed E-state index contributed by atoms with van der Waals surface area (Å²) < 4.78 is 10.1. The highest BCUT2D eigenvalue weighted by Crippen LogP contribution is 2.23. The van der Waals surface area contributed by atoms with Crippen LogP contribution in [0.1, 0.15) is 46.6 Å². The van der Waals surface area contributed by atoms with Crippen molar-refractivity contribution < 1.29 is 23.5 Å². The minimum Gasteiger partial charge on any atom is -0.497 e. The van der Waals surface area contributed by atoms with Gasteiger partial charge in [0.1, 0.15) is 5.75 Å². The van der Waals surface area contributed by atoms with E-state index in [1.54, 1.807) is 43.5 Å². The summed E-state index contributed by atoms with van der Waals surface area (Å²) in [6, 6.07) is 10.4. The van der Waals surface area contributed by atoms with Crippen LogP contribution in [-0.4, -0.2) is 49.2 Å². The molecule has 1 aliphatic heterocycles. The molecular weight excluding hydrogens is 372 g/mol. The van der Waals surface area contributed by atoms with E-state index in [9.17, 15) is 14.4 Å². The molecule has 1 fully saturated rings. The molecule has 1 aliphatic rings. The van der Waals surface area contributed by atoms with Crippen molar-refractivity contribution in [2.45, 2.75) is 25.7 Å². The van der Waals surface area contributed by atoms with Crippen LogP contribution in [0.3, 0.4) is 0 Å². The third-order valence-corrected chi connectivity index (χ3v) is 5.19. The maximum absolute atomic E-state index is 12.7. The van der Waals surface area contributed by atoms with Gasteiger partial charge in [-0.25, -0.2) is 0 Å². The fourth-order valence-corrected chi connectivity index (χ4v) is 3.48. The molecule has 0 spiro atoms. The molecule has 0 aliphatic carbocycles. The highest BCUT2D eigenvalue weighted by Gasteiger charge is 2.27. The van der Waals surface area contributed by atoms with Gasteiger partial charge in [-0.3, -0.25) is 14.4 Å². The van der Waals surface area contributed by atoms with Crippen LogP contribution in [0.25, 0.3) is 0 Å². The highest BCUT2D eigenvalue weighted by atomic mass is 16.5. The first-order valence-electron chi connectivity index (χ1n) is 9.86. The number of piperidine rings is 1. The molecular formula is C22H26N2O5. The van der Waals surface area contributed by atoms with E-state index in [2.05, 4.69) is 5.32 Å². The molecule has 2 amide bonds. The number of amides is 2. The molecule has 29 heavy (non-hydrogen) atoms. The minimum absolute atomic E-state index is 0.0555. The molecule has 1 saturated heterocycles. The molecule has 1 aromatic heterocycles. The summed E-state index contributed by atoms with van der Waals surface area (Å²) >= 11 is 0. The molecule has 0 atom stereocenters. The maximum Gasteiger partial charge on any atom is 0.286 e. The van der Waals surface area contributed by atoms with Crippen LogP contribution >= 0.6 is 0 Å². The van der Waals surface area contributed by atoms with Gasteiger partial charge in [0.2, 0.25) is 5.91 Å². The Morgan fingerprint density at radius 3 is 2.48 bits per heavy atom. The normalized spacial score (nSPS) is 14.4. The van der Waals surface area contributed by atoms with Crippen molar-refractivity contribution in [1.29, 1.82) is 0 Å².